The van der Waals surface area contributed by atoms with Gasteiger partial charge in [-0.1, -0.05) is 57.5 Å². The third-order valence-electron chi connectivity index (χ3n) is 7.68. The minimum absolute atomic E-state index is 0.155. The summed E-state index contributed by atoms with van der Waals surface area (Å²) >= 11 is 0. The first-order chi connectivity index (χ1) is 19.9. The van der Waals surface area contributed by atoms with E-state index in [0.717, 1.165) is 65.0 Å². The van der Waals surface area contributed by atoms with Crippen LogP contribution in [0.15, 0.2) is 49.3 Å². The maximum absolute atomic E-state index is 6.72. The van der Waals surface area contributed by atoms with E-state index in [1.807, 2.05) is 24.3 Å². The second-order valence-electron chi connectivity index (χ2n) is 10.5. The molecule has 1 aliphatic rings. The number of aromatic nitrogens is 6. The quantitative estimate of drug-likeness (QED) is 0.171. The number of fused-ring (bicyclic) bond motifs is 3. The molecule has 4 aromatic rings. The number of hydrogen-bond donors (Lipinski definition) is 4. The first-order valence-electron chi connectivity index (χ1n) is 14.1. The standard InChI is InChI=1S/C30H39N9O2/c1-5-9-21(24-15-33-37-35-24)29(31)40-26-13-19-17-39(4)28-18(7-3)11-8-12-20(28)23(19)14-27(26)41-30(32)22(10-6-2)25-16-34-38-36-25/h7-8,11-16,21-22,29-30H,3,5-6,9-10,17,31-32H2,1-2,4H3,(H,33,35,37)(H,34,36,38). The van der Waals surface area contributed by atoms with Crippen molar-refractivity contribution < 1.29 is 9.47 Å². The van der Waals surface area contributed by atoms with Crippen LogP contribution in [-0.2, 0) is 6.54 Å². The van der Waals surface area contributed by atoms with Gasteiger partial charge in [0.15, 0.2) is 24.0 Å². The molecule has 0 saturated heterocycles. The van der Waals surface area contributed by atoms with Crippen LogP contribution in [0.25, 0.3) is 17.2 Å². The number of ether oxygens (including phenoxy) is 2. The molecule has 4 atom stereocenters. The van der Waals surface area contributed by atoms with E-state index < -0.39 is 12.5 Å². The van der Waals surface area contributed by atoms with Crippen LogP contribution in [0.1, 0.15) is 73.9 Å². The second-order valence-corrected chi connectivity index (χ2v) is 10.5. The van der Waals surface area contributed by atoms with Gasteiger partial charge in [-0.05, 0) is 41.7 Å². The van der Waals surface area contributed by atoms with E-state index in [2.05, 4.69) is 75.3 Å². The number of nitrogens with zero attached hydrogens (tertiary/aromatic N) is 5. The van der Waals surface area contributed by atoms with E-state index in [0.29, 0.717) is 18.0 Å². The molecule has 0 radical (unpaired) electrons. The van der Waals surface area contributed by atoms with Crippen molar-refractivity contribution in [2.75, 3.05) is 11.9 Å². The summed E-state index contributed by atoms with van der Waals surface area (Å²) in [4.78, 5) is 2.22. The number of H-pyrrole nitrogens is 2. The molecule has 0 fully saturated rings. The summed E-state index contributed by atoms with van der Waals surface area (Å²) in [5.41, 5.74) is 20.4. The van der Waals surface area contributed by atoms with Crippen molar-refractivity contribution in [3.63, 3.8) is 0 Å². The minimum Gasteiger partial charge on any atom is -0.471 e. The second kappa shape index (κ2) is 12.5. The Morgan fingerprint density at radius 3 is 2.02 bits per heavy atom. The van der Waals surface area contributed by atoms with Gasteiger partial charge in [-0.25, -0.2) is 0 Å². The molecule has 11 nitrogen and oxygen atoms in total. The number of nitrogens with one attached hydrogen (secondary N) is 2. The van der Waals surface area contributed by atoms with Crippen molar-refractivity contribution in [2.45, 2.75) is 70.4 Å². The Morgan fingerprint density at radius 1 is 0.927 bits per heavy atom. The lowest BCUT2D eigenvalue weighted by Gasteiger charge is -2.33. The first-order valence-corrected chi connectivity index (χ1v) is 14.1. The number of nitrogens with two attached hydrogens (primary N) is 2. The predicted octanol–water partition coefficient (Wildman–Crippen LogP) is 4.68. The van der Waals surface area contributed by atoms with Crippen LogP contribution >= 0.6 is 0 Å². The van der Waals surface area contributed by atoms with Crippen molar-refractivity contribution >= 4 is 11.8 Å². The van der Waals surface area contributed by atoms with E-state index in [1.165, 1.54) is 0 Å². The van der Waals surface area contributed by atoms with Crippen LogP contribution in [0.3, 0.4) is 0 Å². The zero-order chi connectivity index (χ0) is 28.9. The van der Waals surface area contributed by atoms with Crippen molar-refractivity contribution in [1.82, 2.24) is 30.8 Å². The lowest BCUT2D eigenvalue weighted by molar-refractivity contribution is 0.135. The average molecular weight is 558 g/mol. The number of rotatable bonds is 13. The predicted molar refractivity (Wildman–Crippen MR) is 159 cm³/mol. The smallest absolute Gasteiger partial charge is 0.164 e. The molecule has 216 valence electrons. The van der Waals surface area contributed by atoms with Crippen molar-refractivity contribution in [2.24, 2.45) is 11.5 Å². The molecule has 41 heavy (non-hydrogen) atoms. The van der Waals surface area contributed by atoms with Gasteiger partial charge in [0.1, 0.15) is 0 Å². The fourth-order valence-electron chi connectivity index (χ4n) is 5.69. The lowest BCUT2D eigenvalue weighted by Crippen LogP contribution is -2.37. The minimum atomic E-state index is -0.691. The number of benzene rings is 2. The molecule has 6 N–H and O–H groups in total. The van der Waals surface area contributed by atoms with E-state index in [4.69, 9.17) is 20.9 Å². The first kappa shape index (κ1) is 28.3. The Balaban J connectivity index is 1.56. The van der Waals surface area contributed by atoms with Crippen LogP contribution < -0.4 is 25.8 Å². The van der Waals surface area contributed by atoms with E-state index in [1.54, 1.807) is 12.4 Å². The Labute approximate surface area is 240 Å². The highest BCUT2D eigenvalue weighted by molar-refractivity contribution is 5.89. The van der Waals surface area contributed by atoms with Gasteiger partial charge in [0.05, 0.1) is 41.3 Å². The fraction of sp³-hybridized carbons (Fsp3) is 0.400. The van der Waals surface area contributed by atoms with Gasteiger partial charge in [-0.15, -0.1) is 0 Å². The molecule has 5 rings (SSSR count). The van der Waals surface area contributed by atoms with Crippen molar-refractivity contribution in [3.8, 4) is 22.6 Å². The SMILES string of the molecule is C=Cc1cccc2c1N(C)Cc1cc(OC(N)C(CCC)c3cn[nH]n3)c(OC(N)C(CCC)c3cn[nH]n3)cc1-2. The molecule has 3 heterocycles. The van der Waals surface area contributed by atoms with E-state index in [9.17, 15) is 0 Å². The highest BCUT2D eigenvalue weighted by Gasteiger charge is 2.30. The van der Waals surface area contributed by atoms with Crippen LogP contribution in [0.5, 0.6) is 11.5 Å². The average Bonchev–Trinajstić information content (AvgIpc) is 3.70. The van der Waals surface area contributed by atoms with Crippen LogP contribution in [0.4, 0.5) is 5.69 Å². The van der Waals surface area contributed by atoms with Gasteiger partial charge in [0, 0.05) is 19.2 Å². The molecule has 4 unspecified atom stereocenters. The number of hydrogen-bond acceptors (Lipinski definition) is 9. The molecule has 0 spiro atoms. The fourth-order valence-corrected chi connectivity index (χ4v) is 5.69. The van der Waals surface area contributed by atoms with Crippen molar-refractivity contribution in [1.29, 1.82) is 0 Å². The number of aromatic amines is 2. The van der Waals surface area contributed by atoms with E-state index in [-0.39, 0.29) is 11.8 Å². The topological polar surface area (TPSA) is 157 Å². The van der Waals surface area contributed by atoms with E-state index >= 15 is 0 Å². The Morgan fingerprint density at radius 2 is 1.51 bits per heavy atom. The number of anilines is 1. The molecule has 0 bridgehead atoms. The summed E-state index contributed by atoms with van der Waals surface area (Å²) in [6.45, 7) is 8.92. The molecular formula is C30H39N9O2. The van der Waals surface area contributed by atoms with Gasteiger partial charge in [-0.2, -0.15) is 30.8 Å². The van der Waals surface area contributed by atoms with Gasteiger partial charge in [0.2, 0.25) is 0 Å². The van der Waals surface area contributed by atoms with Gasteiger partial charge >= 0.3 is 0 Å². The Kier molecular flexibility index (Phi) is 8.65. The maximum atomic E-state index is 6.72. The largest absolute Gasteiger partial charge is 0.471 e. The van der Waals surface area contributed by atoms with Gasteiger partial charge in [0.25, 0.3) is 0 Å². The third-order valence-corrected chi connectivity index (χ3v) is 7.68. The normalized spacial score (nSPS) is 15.4. The molecule has 2 aromatic carbocycles. The van der Waals surface area contributed by atoms with Crippen molar-refractivity contribution in [3.05, 3.63) is 71.8 Å². The van der Waals surface area contributed by atoms with Crippen LogP contribution in [0.2, 0.25) is 0 Å². The summed E-state index contributed by atoms with van der Waals surface area (Å²) in [6.07, 6.45) is 7.30. The Hall–Kier alpha value is -4.22. The highest BCUT2D eigenvalue weighted by atomic mass is 16.5. The molecular weight excluding hydrogens is 518 g/mol. The van der Waals surface area contributed by atoms with Gasteiger partial charge < -0.3 is 14.4 Å². The molecule has 11 heteroatoms. The van der Waals surface area contributed by atoms with Crippen LogP contribution in [-0.4, -0.2) is 50.3 Å². The summed E-state index contributed by atoms with van der Waals surface area (Å²) < 4.78 is 13.0. The lowest BCUT2D eigenvalue weighted by atomic mass is 9.90. The monoisotopic (exact) mass is 557 g/mol. The highest BCUT2D eigenvalue weighted by Crippen LogP contribution is 2.46. The summed E-state index contributed by atoms with van der Waals surface area (Å²) in [5, 5.41) is 21.9. The molecule has 2 aromatic heterocycles. The number of para-hydroxylation sites is 1. The zero-order valence-electron chi connectivity index (χ0n) is 23.9. The Bertz CT molecular complexity index is 1440. The summed E-state index contributed by atoms with van der Waals surface area (Å²) in [7, 11) is 2.08. The molecule has 0 aliphatic carbocycles. The molecule has 1 aliphatic heterocycles. The maximum Gasteiger partial charge on any atom is 0.164 e. The molecule has 0 amide bonds. The zero-order valence-corrected chi connectivity index (χ0v) is 23.9. The summed E-state index contributed by atoms with van der Waals surface area (Å²) in [5.74, 6) is 0.734. The van der Waals surface area contributed by atoms with Gasteiger partial charge in [-0.3, -0.25) is 11.5 Å². The summed E-state index contributed by atoms with van der Waals surface area (Å²) in [6, 6.07) is 10.3. The van der Waals surface area contributed by atoms with Crippen LogP contribution in [0, 0.1) is 0 Å². The third kappa shape index (κ3) is 5.82. The molecule has 0 saturated carbocycles.